The van der Waals surface area contributed by atoms with Crippen LogP contribution in [0.1, 0.15) is 6.42 Å². The summed E-state index contributed by atoms with van der Waals surface area (Å²) in [5.74, 6) is -1.57. The zero-order valence-corrected chi connectivity index (χ0v) is 10.3. The van der Waals surface area contributed by atoms with E-state index < -0.39 is 23.4 Å². The number of carbonyl (C=O) groups excluding carboxylic acids is 1. The fraction of sp³-hybridized carbons (Fsp3) is 0.364. The van der Waals surface area contributed by atoms with Gasteiger partial charge < -0.3 is 16.0 Å². The first-order valence-electron chi connectivity index (χ1n) is 5.39. The minimum atomic E-state index is -0.787. The molecule has 1 heterocycles. The molecule has 4 nitrogen and oxygen atoms in total. The van der Waals surface area contributed by atoms with Crippen LogP contribution in [0.25, 0.3) is 0 Å². The van der Waals surface area contributed by atoms with Crippen LogP contribution in [0.5, 0.6) is 0 Å². The Morgan fingerprint density at radius 3 is 2.56 bits per heavy atom. The molecule has 2 rings (SSSR count). The lowest BCUT2D eigenvalue weighted by Crippen LogP contribution is -2.39. The molecule has 2 amide bonds. The van der Waals surface area contributed by atoms with E-state index in [4.69, 9.17) is 0 Å². The molecule has 0 radical (unpaired) electrons. The number of hydrogen-bond acceptors (Lipinski definition) is 2. The lowest BCUT2D eigenvalue weighted by Gasteiger charge is -2.13. The molecular weight excluding hydrogens is 264 g/mol. The number of para-hydroxylation sites is 1. The second-order valence-electron chi connectivity index (χ2n) is 3.88. The molecule has 0 aliphatic carbocycles. The normalized spacial score (nSPS) is 18.0. The van der Waals surface area contributed by atoms with Gasteiger partial charge in [-0.25, -0.2) is 13.6 Å². The molecule has 1 aromatic rings. The minimum Gasteiger partial charge on any atom is -0.334 e. The summed E-state index contributed by atoms with van der Waals surface area (Å²) in [4.78, 5) is 11.5. The Hall–Kier alpha value is -1.40. The fourth-order valence-corrected chi connectivity index (χ4v) is 1.73. The summed E-state index contributed by atoms with van der Waals surface area (Å²) in [6, 6.07) is 2.84. The lowest BCUT2D eigenvalue weighted by molar-refractivity contribution is 0.249. The zero-order valence-electron chi connectivity index (χ0n) is 9.50. The van der Waals surface area contributed by atoms with E-state index in [9.17, 15) is 13.6 Å². The summed E-state index contributed by atoms with van der Waals surface area (Å²) >= 11 is 0. The molecule has 1 aromatic carbocycles. The van der Waals surface area contributed by atoms with Gasteiger partial charge in [0.25, 0.3) is 0 Å². The van der Waals surface area contributed by atoms with Gasteiger partial charge in [0.2, 0.25) is 0 Å². The van der Waals surface area contributed by atoms with Gasteiger partial charge >= 0.3 is 6.03 Å². The average Bonchev–Trinajstić information content (AvgIpc) is 2.76. The highest BCUT2D eigenvalue weighted by Gasteiger charge is 2.18. The molecule has 0 aromatic heterocycles. The standard InChI is InChI=1S/C11H13F2N3O.ClH/c12-8-2-1-3-9(13)10(8)16-11(17)15-7-4-5-14-6-7;/h1-3,7,14H,4-6H2,(H2,15,16,17);1H/t7-;/m0./s1. The van der Waals surface area contributed by atoms with Gasteiger partial charge in [-0.3, -0.25) is 0 Å². The van der Waals surface area contributed by atoms with Crippen LogP contribution in [0.3, 0.4) is 0 Å². The number of carbonyl (C=O) groups is 1. The van der Waals surface area contributed by atoms with E-state index in [0.29, 0.717) is 6.54 Å². The van der Waals surface area contributed by atoms with Crippen LogP contribution >= 0.6 is 12.4 Å². The van der Waals surface area contributed by atoms with Crippen LogP contribution in [0, 0.1) is 11.6 Å². The molecular formula is C11H14ClF2N3O. The number of benzene rings is 1. The minimum absolute atomic E-state index is 0. The van der Waals surface area contributed by atoms with Crippen LogP contribution in [0.4, 0.5) is 19.3 Å². The summed E-state index contributed by atoms with van der Waals surface area (Å²) in [5.41, 5.74) is -0.420. The highest BCUT2D eigenvalue weighted by atomic mass is 35.5. The van der Waals surface area contributed by atoms with E-state index >= 15 is 0 Å². The van der Waals surface area contributed by atoms with E-state index in [0.717, 1.165) is 25.1 Å². The van der Waals surface area contributed by atoms with Crippen molar-refractivity contribution in [3.8, 4) is 0 Å². The van der Waals surface area contributed by atoms with E-state index in [1.54, 1.807) is 0 Å². The molecule has 1 fully saturated rings. The molecule has 1 aliphatic heterocycles. The first kappa shape index (κ1) is 14.7. The summed E-state index contributed by atoms with van der Waals surface area (Å²) in [7, 11) is 0. The summed E-state index contributed by atoms with van der Waals surface area (Å²) in [6.45, 7) is 1.51. The van der Waals surface area contributed by atoms with Gasteiger partial charge in [-0.2, -0.15) is 0 Å². The summed E-state index contributed by atoms with van der Waals surface area (Å²) < 4.78 is 26.5. The smallest absolute Gasteiger partial charge is 0.319 e. The van der Waals surface area contributed by atoms with Crippen LogP contribution in [0.2, 0.25) is 0 Å². The monoisotopic (exact) mass is 277 g/mol. The van der Waals surface area contributed by atoms with Crippen LogP contribution < -0.4 is 16.0 Å². The number of rotatable bonds is 2. The fourth-order valence-electron chi connectivity index (χ4n) is 1.73. The third kappa shape index (κ3) is 3.54. The Balaban J connectivity index is 0.00000162. The number of anilines is 1. The van der Waals surface area contributed by atoms with Gasteiger partial charge in [0.05, 0.1) is 0 Å². The van der Waals surface area contributed by atoms with E-state index in [1.165, 1.54) is 6.07 Å². The lowest BCUT2D eigenvalue weighted by atomic mass is 10.2. The maximum atomic E-state index is 13.2. The topological polar surface area (TPSA) is 53.2 Å². The van der Waals surface area contributed by atoms with Gasteiger partial charge in [0.1, 0.15) is 17.3 Å². The predicted molar refractivity (Wildman–Crippen MR) is 67.0 cm³/mol. The van der Waals surface area contributed by atoms with Crippen LogP contribution in [-0.2, 0) is 0 Å². The largest absolute Gasteiger partial charge is 0.334 e. The van der Waals surface area contributed by atoms with E-state index in [2.05, 4.69) is 16.0 Å². The molecule has 7 heteroatoms. The van der Waals surface area contributed by atoms with Crippen LogP contribution in [-0.4, -0.2) is 25.2 Å². The van der Waals surface area contributed by atoms with E-state index in [-0.39, 0.29) is 18.4 Å². The highest BCUT2D eigenvalue weighted by Crippen LogP contribution is 2.17. The average molecular weight is 278 g/mol. The van der Waals surface area contributed by atoms with Crippen molar-refractivity contribution in [2.24, 2.45) is 0 Å². The second-order valence-corrected chi connectivity index (χ2v) is 3.88. The first-order valence-corrected chi connectivity index (χ1v) is 5.39. The van der Waals surface area contributed by atoms with Crippen molar-refractivity contribution in [2.45, 2.75) is 12.5 Å². The van der Waals surface area contributed by atoms with Gasteiger partial charge in [0, 0.05) is 12.6 Å². The third-order valence-electron chi connectivity index (χ3n) is 2.60. The molecule has 18 heavy (non-hydrogen) atoms. The quantitative estimate of drug-likeness (QED) is 0.773. The molecule has 1 saturated heterocycles. The van der Waals surface area contributed by atoms with Crippen molar-refractivity contribution in [3.05, 3.63) is 29.8 Å². The predicted octanol–water partition coefficient (Wildman–Crippen LogP) is 1.87. The molecule has 0 bridgehead atoms. The van der Waals surface area contributed by atoms with Crippen molar-refractivity contribution >= 4 is 24.1 Å². The second kappa shape index (κ2) is 6.51. The molecule has 1 atom stereocenters. The highest BCUT2D eigenvalue weighted by molar-refractivity contribution is 5.89. The van der Waals surface area contributed by atoms with Gasteiger partial charge in [-0.05, 0) is 25.1 Å². The summed E-state index contributed by atoms with van der Waals surface area (Å²) in [6.07, 6.45) is 0.813. The van der Waals surface area contributed by atoms with Crippen LogP contribution in [0.15, 0.2) is 18.2 Å². The number of urea groups is 1. The van der Waals surface area contributed by atoms with Gasteiger partial charge in [-0.1, -0.05) is 6.07 Å². The molecule has 3 N–H and O–H groups in total. The Morgan fingerprint density at radius 2 is 2.00 bits per heavy atom. The van der Waals surface area contributed by atoms with Crippen molar-refractivity contribution in [1.29, 1.82) is 0 Å². The Bertz CT molecular complexity index is 404. The summed E-state index contributed by atoms with van der Waals surface area (Å²) in [5, 5.41) is 7.89. The molecule has 0 saturated carbocycles. The van der Waals surface area contributed by atoms with Crippen molar-refractivity contribution in [3.63, 3.8) is 0 Å². The Kier molecular flexibility index (Phi) is 5.30. The van der Waals surface area contributed by atoms with Gasteiger partial charge in [0.15, 0.2) is 0 Å². The first-order chi connectivity index (χ1) is 8.16. The molecule has 100 valence electrons. The molecule has 1 aliphatic rings. The zero-order chi connectivity index (χ0) is 12.3. The Labute approximate surface area is 110 Å². The molecule has 0 spiro atoms. The SMILES string of the molecule is Cl.O=C(Nc1c(F)cccc1F)N[C@H]1CCNC1. The van der Waals surface area contributed by atoms with Crippen molar-refractivity contribution in [2.75, 3.05) is 18.4 Å². The third-order valence-corrected chi connectivity index (χ3v) is 2.60. The number of halogens is 3. The number of amides is 2. The van der Waals surface area contributed by atoms with Gasteiger partial charge in [-0.15, -0.1) is 12.4 Å². The maximum absolute atomic E-state index is 13.2. The number of hydrogen-bond donors (Lipinski definition) is 3. The maximum Gasteiger partial charge on any atom is 0.319 e. The number of nitrogens with one attached hydrogen (secondary N) is 3. The Morgan fingerprint density at radius 1 is 1.33 bits per heavy atom. The van der Waals surface area contributed by atoms with Crippen molar-refractivity contribution < 1.29 is 13.6 Å². The van der Waals surface area contributed by atoms with E-state index in [1.807, 2.05) is 0 Å². The molecule has 0 unspecified atom stereocenters. The van der Waals surface area contributed by atoms with Crippen molar-refractivity contribution in [1.82, 2.24) is 10.6 Å².